The van der Waals surface area contributed by atoms with Crippen molar-refractivity contribution in [3.63, 3.8) is 0 Å². The van der Waals surface area contributed by atoms with Gasteiger partial charge in [0.05, 0.1) is 12.2 Å². The van der Waals surface area contributed by atoms with Crippen LogP contribution in [-0.4, -0.2) is 30.9 Å². The Morgan fingerprint density at radius 2 is 2.17 bits per heavy atom. The average molecular weight is 249 g/mol. The van der Waals surface area contributed by atoms with Crippen LogP contribution in [0, 0.1) is 5.92 Å². The number of aliphatic hydroxyl groups excluding tert-OH is 1. The lowest BCUT2D eigenvalue weighted by Gasteiger charge is -2.18. The lowest BCUT2D eigenvalue weighted by Crippen LogP contribution is -2.31. The fourth-order valence-corrected chi connectivity index (χ4v) is 2.58. The molecule has 2 rings (SSSR count). The van der Waals surface area contributed by atoms with Crippen molar-refractivity contribution in [1.82, 2.24) is 5.32 Å². The molecule has 1 aliphatic heterocycles. The molecule has 1 aliphatic rings. The molecule has 3 nitrogen and oxygen atoms in total. The first-order valence-corrected chi connectivity index (χ1v) is 6.86. The molecule has 3 unspecified atom stereocenters. The number of benzene rings is 1. The Morgan fingerprint density at radius 3 is 2.89 bits per heavy atom. The molecular formula is C15H23NO2. The van der Waals surface area contributed by atoms with Gasteiger partial charge in [-0.1, -0.05) is 37.3 Å². The Morgan fingerprint density at radius 1 is 1.39 bits per heavy atom. The summed E-state index contributed by atoms with van der Waals surface area (Å²) in [6.07, 6.45) is 2.18. The maximum atomic E-state index is 10.0. The van der Waals surface area contributed by atoms with E-state index in [4.69, 9.17) is 4.74 Å². The van der Waals surface area contributed by atoms with Gasteiger partial charge < -0.3 is 15.2 Å². The van der Waals surface area contributed by atoms with E-state index in [-0.39, 0.29) is 0 Å². The van der Waals surface area contributed by atoms with Crippen molar-refractivity contribution in [2.45, 2.75) is 32.0 Å². The van der Waals surface area contributed by atoms with Crippen molar-refractivity contribution < 1.29 is 9.84 Å². The van der Waals surface area contributed by atoms with Crippen molar-refractivity contribution in [3.8, 4) is 0 Å². The van der Waals surface area contributed by atoms with Gasteiger partial charge in [-0.2, -0.15) is 0 Å². The van der Waals surface area contributed by atoms with Gasteiger partial charge in [-0.25, -0.2) is 0 Å². The largest absolute Gasteiger partial charge is 0.387 e. The molecule has 0 aromatic heterocycles. The number of nitrogens with one attached hydrogen (secondary N) is 1. The minimum Gasteiger partial charge on any atom is -0.387 e. The normalized spacial score (nSPS) is 25.2. The van der Waals surface area contributed by atoms with Crippen molar-refractivity contribution in [3.05, 3.63) is 35.9 Å². The predicted octanol–water partition coefficient (Wildman–Crippen LogP) is 2.12. The highest BCUT2D eigenvalue weighted by atomic mass is 16.5. The van der Waals surface area contributed by atoms with E-state index in [1.165, 1.54) is 0 Å². The summed E-state index contributed by atoms with van der Waals surface area (Å²) in [5, 5.41) is 13.4. The zero-order chi connectivity index (χ0) is 12.8. The molecule has 1 fully saturated rings. The fourth-order valence-electron chi connectivity index (χ4n) is 2.58. The third kappa shape index (κ3) is 3.55. The van der Waals surface area contributed by atoms with E-state index in [0.717, 1.165) is 31.6 Å². The number of rotatable bonds is 6. The molecule has 1 saturated heterocycles. The van der Waals surface area contributed by atoms with Crippen molar-refractivity contribution in [1.29, 1.82) is 0 Å². The summed E-state index contributed by atoms with van der Waals surface area (Å²) in [6.45, 7) is 4.59. The lowest BCUT2D eigenvalue weighted by atomic mass is 9.99. The average Bonchev–Trinajstić information content (AvgIpc) is 2.87. The van der Waals surface area contributed by atoms with Gasteiger partial charge in [0.25, 0.3) is 0 Å². The van der Waals surface area contributed by atoms with Crippen LogP contribution in [0.15, 0.2) is 30.3 Å². The van der Waals surface area contributed by atoms with Gasteiger partial charge in [-0.3, -0.25) is 0 Å². The van der Waals surface area contributed by atoms with Crippen molar-refractivity contribution in [2.24, 2.45) is 5.92 Å². The van der Waals surface area contributed by atoms with Crippen LogP contribution in [-0.2, 0) is 4.74 Å². The maximum absolute atomic E-state index is 10.0. The van der Waals surface area contributed by atoms with Crippen molar-refractivity contribution in [2.75, 3.05) is 19.7 Å². The summed E-state index contributed by atoms with van der Waals surface area (Å²) in [4.78, 5) is 0. The summed E-state index contributed by atoms with van der Waals surface area (Å²) in [5.74, 6) is 0.595. The zero-order valence-electron chi connectivity index (χ0n) is 11.0. The molecule has 0 spiro atoms. The van der Waals surface area contributed by atoms with Crippen LogP contribution < -0.4 is 5.32 Å². The molecule has 100 valence electrons. The van der Waals surface area contributed by atoms with Gasteiger partial charge >= 0.3 is 0 Å². The SMILES string of the molecule is CCC1OCCC1CNCC(O)c1ccccc1. The van der Waals surface area contributed by atoms with Crippen LogP contribution in [0.4, 0.5) is 0 Å². The number of hydrogen-bond donors (Lipinski definition) is 2. The highest BCUT2D eigenvalue weighted by molar-refractivity contribution is 5.17. The number of ether oxygens (including phenoxy) is 1. The lowest BCUT2D eigenvalue weighted by molar-refractivity contribution is 0.0858. The molecule has 3 atom stereocenters. The number of aliphatic hydroxyl groups is 1. The van der Waals surface area contributed by atoms with Crippen LogP contribution in [0.5, 0.6) is 0 Å². The van der Waals surface area contributed by atoms with Crippen LogP contribution in [0.1, 0.15) is 31.4 Å². The van der Waals surface area contributed by atoms with E-state index in [1.807, 2.05) is 30.3 Å². The first-order valence-electron chi connectivity index (χ1n) is 6.86. The van der Waals surface area contributed by atoms with Gasteiger partial charge in [-0.05, 0) is 24.3 Å². The molecule has 3 heteroatoms. The Balaban J connectivity index is 1.72. The second-order valence-corrected chi connectivity index (χ2v) is 4.95. The second-order valence-electron chi connectivity index (χ2n) is 4.95. The van der Waals surface area contributed by atoms with E-state index < -0.39 is 6.10 Å². The standard InChI is InChI=1S/C15H23NO2/c1-2-15-13(8-9-18-15)10-16-11-14(17)12-6-4-3-5-7-12/h3-7,13-17H,2,8-11H2,1H3. The van der Waals surface area contributed by atoms with E-state index in [9.17, 15) is 5.11 Å². The Kier molecular flexibility index (Phi) is 5.17. The third-order valence-corrected chi connectivity index (χ3v) is 3.68. The molecule has 2 N–H and O–H groups in total. The molecular weight excluding hydrogens is 226 g/mol. The molecule has 0 saturated carbocycles. The molecule has 1 aromatic rings. The van der Waals surface area contributed by atoms with Gasteiger partial charge in [-0.15, -0.1) is 0 Å². The van der Waals surface area contributed by atoms with Crippen LogP contribution in [0.25, 0.3) is 0 Å². The quantitative estimate of drug-likeness (QED) is 0.811. The molecule has 1 heterocycles. The first kappa shape index (κ1) is 13.5. The first-order chi connectivity index (χ1) is 8.81. The van der Waals surface area contributed by atoms with Crippen molar-refractivity contribution >= 4 is 0 Å². The Labute approximate surface area is 109 Å². The van der Waals surface area contributed by atoms with Gasteiger partial charge in [0, 0.05) is 19.7 Å². The van der Waals surface area contributed by atoms with Crippen LogP contribution in [0.2, 0.25) is 0 Å². The van der Waals surface area contributed by atoms with E-state index >= 15 is 0 Å². The Hall–Kier alpha value is -0.900. The molecule has 0 amide bonds. The summed E-state index contributed by atoms with van der Waals surface area (Å²) < 4.78 is 5.65. The Bertz CT molecular complexity index is 342. The zero-order valence-corrected chi connectivity index (χ0v) is 11.0. The van der Waals surface area contributed by atoms with E-state index in [0.29, 0.717) is 18.6 Å². The van der Waals surface area contributed by atoms with Crippen LogP contribution in [0.3, 0.4) is 0 Å². The van der Waals surface area contributed by atoms with E-state index in [1.54, 1.807) is 0 Å². The van der Waals surface area contributed by atoms with Crippen LogP contribution >= 0.6 is 0 Å². The topological polar surface area (TPSA) is 41.5 Å². The van der Waals surface area contributed by atoms with E-state index in [2.05, 4.69) is 12.2 Å². The van der Waals surface area contributed by atoms with Gasteiger partial charge in [0.15, 0.2) is 0 Å². The highest BCUT2D eigenvalue weighted by Crippen LogP contribution is 2.22. The minimum absolute atomic E-state index is 0.395. The summed E-state index contributed by atoms with van der Waals surface area (Å²) in [7, 11) is 0. The minimum atomic E-state index is -0.423. The molecule has 18 heavy (non-hydrogen) atoms. The summed E-state index contributed by atoms with van der Waals surface area (Å²) >= 11 is 0. The number of hydrogen-bond acceptors (Lipinski definition) is 3. The molecule has 0 aliphatic carbocycles. The second kappa shape index (κ2) is 6.88. The molecule has 1 aromatic carbocycles. The van der Waals surface area contributed by atoms with Gasteiger partial charge in [0.1, 0.15) is 0 Å². The maximum Gasteiger partial charge on any atom is 0.0914 e. The molecule has 0 bridgehead atoms. The summed E-state index contributed by atoms with van der Waals surface area (Å²) in [6, 6.07) is 9.79. The smallest absolute Gasteiger partial charge is 0.0914 e. The fraction of sp³-hybridized carbons (Fsp3) is 0.600. The van der Waals surface area contributed by atoms with Gasteiger partial charge in [0.2, 0.25) is 0 Å². The monoisotopic (exact) mass is 249 g/mol. The summed E-state index contributed by atoms with van der Waals surface area (Å²) in [5.41, 5.74) is 0.972. The highest BCUT2D eigenvalue weighted by Gasteiger charge is 2.26. The third-order valence-electron chi connectivity index (χ3n) is 3.68. The molecule has 0 radical (unpaired) electrons. The predicted molar refractivity (Wildman–Crippen MR) is 72.4 cm³/mol.